The molecule has 8 heteroatoms. The van der Waals surface area contributed by atoms with Gasteiger partial charge in [0.05, 0.1) is 18.0 Å². The van der Waals surface area contributed by atoms with E-state index >= 15 is 0 Å². The van der Waals surface area contributed by atoms with Crippen molar-refractivity contribution in [1.82, 2.24) is 5.32 Å². The van der Waals surface area contributed by atoms with Gasteiger partial charge in [-0.2, -0.15) is 0 Å². The first-order chi connectivity index (χ1) is 14.4. The average Bonchev–Trinajstić information content (AvgIpc) is 2.66. The minimum Gasteiger partial charge on any atom is -0.487 e. The van der Waals surface area contributed by atoms with Crippen molar-refractivity contribution in [3.05, 3.63) is 59.4 Å². The number of ether oxygens (including phenoxy) is 1. The minimum absolute atomic E-state index is 0.245. The van der Waals surface area contributed by atoms with E-state index in [9.17, 15) is 17.6 Å². The van der Waals surface area contributed by atoms with E-state index in [1.165, 1.54) is 24.3 Å². The average molecular weight is 449 g/mol. The summed E-state index contributed by atoms with van der Waals surface area (Å²) in [6, 6.07) is 9.61. The Labute approximate surface area is 183 Å². The number of hydrogen-bond donors (Lipinski definition) is 1. The minimum atomic E-state index is -3.79. The first-order valence-corrected chi connectivity index (χ1v) is 12.1. The van der Waals surface area contributed by atoms with E-state index in [-0.39, 0.29) is 18.2 Å². The highest BCUT2D eigenvalue weighted by molar-refractivity contribution is 7.92. The van der Waals surface area contributed by atoms with Crippen molar-refractivity contribution in [2.75, 3.05) is 10.6 Å². The number of hydrogen-bond acceptors (Lipinski definition) is 4. The molecule has 0 radical (unpaired) electrons. The van der Waals surface area contributed by atoms with Crippen LogP contribution in [0.5, 0.6) is 5.75 Å². The van der Waals surface area contributed by atoms with Crippen molar-refractivity contribution in [2.24, 2.45) is 0 Å². The molecule has 0 unspecified atom stereocenters. The molecule has 1 aliphatic rings. The van der Waals surface area contributed by atoms with Gasteiger partial charge in [-0.15, -0.1) is 0 Å². The lowest BCUT2D eigenvalue weighted by Crippen LogP contribution is -2.51. The second kappa shape index (κ2) is 8.49. The third-order valence-electron chi connectivity index (χ3n) is 5.35. The first-order valence-electron chi connectivity index (χ1n) is 10.3. The maximum Gasteiger partial charge on any atom is 0.244 e. The zero-order valence-corrected chi connectivity index (χ0v) is 19.3. The molecule has 0 fully saturated rings. The van der Waals surface area contributed by atoms with Gasteiger partial charge in [-0.1, -0.05) is 24.6 Å². The predicted octanol–water partition coefficient (Wildman–Crippen LogP) is 4.10. The fraction of sp³-hybridized carbons (Fsp3) is 0.435. The molecular weight excluding hydrogens is 419 g/mol. The summed E-state index contributed by atoms with van der Waals surface area (Å²) in [5.41, 5.74) is 1.66. The first kappa shape index (κ1) is 23.1. The molecule has 1 N–H and O–H groups in total. The highest BCUT2D eigenvalue weighted by Gasteiger charge is 2.37. The molecule has 6 nitrogen and oxygen atoms in total. The normalized spacial score (nSPS) is 18.5. The van der Waals surface area contributed by atoms with Crippen molar-refractivity contribution < 1.29 is 22.3 Å². The molecule has 1 heterocycles. The largest absolute Gasteiger partial charge is 0.487 e. The third kappa shape index (κ3) is 5.18. The number of benzene rings is 2. The quantitative estimate of drug-likeness (QED) is 0.722. The number of amides is 1. The van der Waals surface area contributed by atoms with Crippen molar-refractivity contribution in [3.8, 4) is 5.75 Å². The van der Waals surface area contributed by atoms with Crippen LogP contribution in [0.15, 0.2) is 42.5 Å². The Balaban J connectivity index is 1.95. The van der Waals surface area contributed by atoms with Crippen molar-refractivity contribution in [2.45, 2.75) is 58.2 Å². The van der Waals surface area contributed by atoms with Gasteiger partial charge in [0.15, 0.2) is 0 Å². The van der Waals surface area contributed by atoms with E-state index in [1.807, 2.05) is 39.0 Å². The van der Waals surface area contributed by atoms with Gasteiger partial charge in [0.2, 0.25) is 15.9 Å². The summed E-state index contributed by atoms with van der Waals surface area (Å²) >= 11 is 0. The van der Waals surface area contributed by atoms with Gasteiger partial charge in [-0.25, -0.2) is 12.8 Å². The lowest BCUT2D eigenvalue weighted by Gasteiger charge is -2.39. The Bertz CT molecular complexity index is 1070. The van der Waals surface area contributed by atoms with Crippen LogP contribution in [0, 0.1) is 12.7 Å². The Hall–Kier alpha value is -2.61. The molecule has 0 aromatic heterocycles. The van der Waals surface area contributed by atoms with Crippen LogP contribution in [0.1, 0.15) is 50.8 Å². The second-order valence-electron chi connectivity index (χ2n) is 8.63. The molecule has 31 heavy (non-hydrogen) atoms. The number of carbonyl (C=O) groups excluding carboxylic acids is 1. The number of rotatable bonds is 6. The summed E-state index contributed by atoms with van der Waals surface area (Å²) in [6.45, 7) is 7.62. The summed E-state index contributed by atoms with van der Waals surface area (Å²) in [6.07, 6.45) is 1.84. The molecule has 0 aliphatic carbocycles. The van der Waals surface area contributed by atoms with Crippen LogP contribution >= 0.6 is 0 Å². The summed E-state index contributed by atoms with van der Waals surface area (Å²) in [4.78, 5) is 13.3. The molecule has 0 saturated heterocycles. The summed E-state index contributed by atoms with van der Waals surface area (Å²) in [5, 5.41) is 3.04. The van der Waals surface area contributed by atoms with Gasteiger partial charge in [0.1, 0.15) is 23.2 Å². The van der Waals surface area contributed by atoms with E-state index < -0.39 is 33.4 Å². The van der Waals surface area contributed by atoms with E-state index in [0.717, 1.165) is 21.7 Å². The van der Waals surface area contributed by atoms with Gasteiger partial charge in [-0.3, -0.25) is 9.10 Å². The van der Waals surface area contributed by atoms with E-state index in [2.05, 4.69) is 5.32 Å². The topological polar surface area (TPSA) is 75.7 Å². The Morgan fingerprint density at radius 3 is 2.48 bits per heavy atom. The van der Waals surface area contributed by atoms with Crippen molar-refractivity contribution >= 4 is 21.6 Å². The molecule has 1 aliphatic heterocycles. The zero-order chi connectivity index (χ0) is 23.0. The molecule has 0 bridgehead atoms. The molecule has 3 rings (SSSR count). The number of halogens is 1. The molecule has 2 atom stereocenters. The van der Waals surface area contributed by atoms with Gasteiger partial charge in [0, 0.05) is 12.0 Å². The summed E-state index contributed by atoms with van der Waals surface area (Å²) < 4.78 is 45.7. The molecule has 0 spiro atoms. The number of sulfonamides is 1. The summed E-state index contributed by atoms with van der Waals surface area (Å²) in [5.74, 6) is -0.183. The van der Waals surface area contributed by atoms with Gasteiger partial charge in [-0.05, 0) is 57.5 Å². The van der Waals surface area contributed by atoms with Gasteiger partial charge in [0.25, 0.3) is 0 Å². The SMILES string of the molecule is CC[C@@H](C(=O)N[C@H]1CC(C)(C)Oc2ccc(C)cc21)N(c1ccc(F)cc1)S(C)(=O)=O. The van der Waals surface area contributed by atoms with Gasteiger partial charge < -0.3 is 10.1 Å². The van der Waals surface area contributed by atoms with Crippen molar-refractivity contribution in [1.29, 1.82) is 0 Å². The number of nitrogens with zero attached hydrogens (tertiary/aromatic N) is 1. The van der Waals surface area contributed by atoms with Crippen LogP contribution in [0.2, 0.25) is 0 Å². The molecule has 2 aromatic carbocycles. The number of carbonyl (C=O) groups is 1. The lowest BCUT2D eigenvalue weighted by molar-refractivity contribution is -0.123. The van der Waals surface area contributed by atoms with Crippen LogP contribution in [0.25, 0.3) is 0 Å². The number of aryl methyl sites for hydroxylation is 1. The maximum absolute atomic E-state index is 13.4. The number of anilines is 1. The Kier molecular flexibility index (Phi) is 6.32. The van der Waals surface area contributed by atoms with Crippen molar-refractivity contribution in [3.63, 3.8) is 0 Å². The monoisotopic (exact) mass is 448 g/mol. The zero-order valence-electron chi connectivity index (χ0n) is 18.5. The molecule has 168 valence electrons. The van der Waals surface area contributed by atoms with E-state index in [4.69, 9.17) is 4.74 Å². The molecular formula is C23H29FN2O4S. The van der Waals surface area contributed by atoms with Crippen LogP contribution in [0.4, 0.5) is 10.1 Å². The van der Waals surface area contributed by atoms with Crippen LogP contribution in [-0.4, -0.2) is 32.2 Å². The lowest BCUT2D eigenvalue weighted by atomic mass is 9.88. The van der Waals surface area contributed by atoms with Gasteiger partial charge >= 0.3 is 0 Å². The second-order valence-corrected chi connectivity index (χ2v) is 10.5. The standard InChI is InChI=1S/C23H29FN2O4S/c1-6-20(26(31(5,28)29)17-10-8-16(24)9-11-17)22(27)25-19-14-23(3,4)30-21-12-7-15(2)13-18(19)21/h7-13,19-20H,6,14H2,1-5H3,(H,25,27)/t19-,20-/m0/s1. The number of nitrogens with one attached hydrogen (secondary N) is 1. The highest BCUT2D eigenvalue weighted by Crippen LogP contribution is 2.40. The number of fused-ring (bicyclic) bond motifs is 1. The smallest absolute Gasteiger partial charge is 0.244 e. The maximum atomic E-state index is 13.4. The van der Waals surface area contributed by atoms with Crippen LogP contribution < -0.4 is 14.4 Å². The van der Waals surface area contributed by atoms with E-state index in [0.29, 0.717) is 12.2 Å². The fourth-order valence-electron chi connectivity index (χ4n) is 4.02. The molecule has 1 amide bonds. The van der Waals surface area contributed by atoms with Crippen LogP contribution in [-0.2, 0) is 14.8 Å². The van der Waals surface area contributed by atoms with Crippen LogP contribution in [0.3, 0.4) is 0 Å². The van der Waals surface area contributed by atoms with E-state index in [1.54, 1.807) is 6.92 Å². The fourth-order valence-corrected chi connectivity index (χ4v) is 5.23. The third-order valence-corrected chi connectivity index (χ3v) is 6.53. The highest BCUT2D eigenvalue weighted by atomic mass is 32.2. The Morgan fingerprint density at radius 1 is 1.26 bits per heavy atom. The molecule has 0 saturated carbocycles. The molecule has 2 aromatic rings. The Morgan fingerprint density at radius 2 is 1.90 bits per heavy atom. The predicted molar refractivity (Wildman–Crippen MR) is 119 cm³/mol. The summed E-state index contributed by atoms with van der Waals surface area (Å²) in [7, 11) is -3.79.